The van der Waals surface area contributed by atoms with E-state index in [0.717, 1.165) is 0 Å². The van der Waals surface area contributed by atoms with Crippen molar-refractivity contribution < 1.29 is 8.42 Å². The fourth-order valence-electron chi connectivity index (χ4n) is 1.41. The number of hydrogen-bond donors (Lipinski definition) is 1. The lowest BCUT2D eigenvalue weighted by Crippen LogP contribution is -2.50. The molecule has 0 amide bonds. The van der Waals surface area contributed by atoms with Crippen LogP contribution in [0.5, 0.6) is 0 Å². The maximum atomic E-state index is 11.1. The van der Waals surface area contributed by atoms with Crippen LogP contribution in [0.15, 0.2) is 12.4 Å². The van der Waals surface area contributed by atoms with Crippen molar-refractivity contribution in [1.29, 1.82) is 0 Å². The van der Waals surface area contributed by atoms with Crippen LogP contribution >= 0.6 is 0 Å². The SMILES string of the molecule is CS(=O)(=O)N1CC(n2cc(N)cn2)C1. The monoisotopic (exact) mass is 216 g/mol. The van der Waals surface area contributed by atoms with Gasteiger partial charge in [-0.3, -0.25) is 4.68 Å². The molecule has 1 fully saturated rings. The molecule has 2 N–H and O–H groups in total. The third kappa shape index (κ3) is 1.60. The smallest absolute Gasteiger partial charge is 0.211 e. The highest BCUT2D eigenvalue weighted by Crippen LogP contribution is 2.23. The van der Waals surface area contributed by atoms with Gasteiger partial charge in [-0.05, 0) is 0 Å². The molecule has 1 saturated heterocycles. The highest BCUT2D eigenvalue weighted by atomic mass is 32.2. The summed E-state index contributed by atoms with van der Waals surface area (Å²) in [6.07, 6.45) is 4.48. The zero-order chi connectivity index (χ0) is 10.3. The molecule has 1 aliphatic heterocycles. The summed E-state index contributed by atoms with van der Waals surface area (Å²) < 4.78 is 25.3. The molecule has 0 bridgehead atoms. The van der Waals surface area contributed by atoms with Crippen molar-refractivity contribution in [3.63, 3.8) is 0 Å². The summed E-state index contributed by atoms with van der Waals surface area (Å²) in [4.78, 5) is 0. The van der Waals surface area contributed by atoms with E-state index in [-0.39, 0.29) is 6.04 Å². The fraction of sp³-hybridized carbons (Fsp3) is 0.571. The van der Waals surface area contributed by atoms with Gasteiger partial charge in [0, 0.05) is 19.3 Å². The molecule has 0 aliphatic carbocycles. The summed E-state index contributed by atoms with van der Waals surface area (Å²) in [6, 6.07) is 0.127. The van der Waals surface area contributed by atoms with Gasteiger partial charge in [0.05, 0.1) is 24.2 Å². The summed E-state index contributed by atoms with van der Waals surface area (Å²) in [5.41, 5.74) is 6.10. The highest BCUT2D eigenvalue weighted by molar-refractivity contribution is 7.88. The molecular formula is C7H12N4O2S. The van der Waals surface area contributed by atoms with Gasteiger partial charge in [0.15, 0.2) is 0 Å². The molecule has 0 saturated carbocycles. The van der Waals surface area contributed by atoms with Crippen LogP contribution in [0.4, 0.5) is 5.69 Å². The minimum absolute atomic E-state index is 0.127. The van der Waals surface area contributed by atoms with Gasteiger partial charge in [-0.2, -0.15) is 9.40 Å². The molecule has 7 heteroatoms. The summed E-state index contributed by atoms with van der Waals surface area (Å²) in [7, 11) is -3.04. The van der Waals surface area contributed by atoms with Crippen molar-refractivity contribution in [3.05, 3.63) is 12.4 Å². The van der Waals surface area contributed by atoms with Crippen molar-refractivity contribution in [2.75, 3.05) is 25.1 Å². The second kappa shape index (κ2) is 2.96. The van der Waals surface area contributed by atoms with Gasteiger partial charge in [-0.25, -0.2) is 8.42 Å². The first kappa shape index (κ1) is 9.47. The molecule has 6 nitrogen and oxygen atoms in total. The first-order chi connectivity index (χ1) is 6.47. The maximum Gasteiger partial charge on any atom is 0.211 e. The zero-order valence-electron chi connectivity index (χ0n) is 7.79. The Morgan fingerprint density at radius 3 is 2.64 bits per heavy atom. The van der Waals surface area contributed by atoms with Crippen LogP contribution in [0.25, 0.3) is 0 Å². The minimum Gasteiger partial charge on any atom is -0.396 e. The van der Waals surface area contributed by atoms with Crippen LogP contribution in [-0.4, -0.2) is 41.8 Å². The molecule has 1 aromatic rings. The van der Waals surface area contributed by atoms with Crippen LogP contribution in [0.3, 0.4) is 0 Å². The van der Waals surface area contributed by atoms with E-state index in [9.17, 15) is 8.42 Å². The van der Waals surface area contributed by atoms with E-state index < -0.39 is 10.0 Å². The average molecular weight is 216 g/mol. The normalized spacial score (nSPS) is 19.5. The number of nitrogen functional groups attached to an aromatic ring is 1. The third-order valence-electron chi connectivity index (χ3n) is 2.29. The molecule has 78 valence electrons. The van der Waals surface area contributed by atoms with E-state index in [0.29, 0.717) is 18.8 Å². The summed E-state index contributed by atoms with van der Waals surface area (Å²) >= 11 is 0. The van der Waals surface area contributed by atoms with E-state index in [2.05, 4.69) is 5.10 Å². The quantitative estimate of drug-likeness (QED) is 0.707. The molecule has 2 rings (SSSR count). The first-order valence-electron chi connectivity index (χ1n) is 4.21. The number of nitrogens with two attached hydrogens (primary N) is 1. The standard InChI is InChI=1S/C7H12N4O2S/c1-14(12,13)10-4-7(5-10)11-3-6(8)2-9-11/h2-3,7H,4-5,8H2,1H3. The van der Waals surface area contributed by atoms with E-state index in [1.54, 1.807) is 17.1 Å². The predicted octanol–water partition coefficient (Wildman–Crippen LogP) is -0.718. The van der Waals surface area contributed by atoms with Gasteiger partial charge in [0.1, 0.15) is 0 Å². The van der Waals surface area contributed by atoms with Crippen molar-refractivity contribution in [3.8, 4) is 0 Å². The second-order valence-electron chi connectivity index (χ2n) is 3.49. The number of anilines is 1. The number of hydrogen-bond acceptors (Lipinski definition) is 4. The van der Waals surface area contributed by atoms with Gasteiger partial charge in [-0.15, -0.1) is 0 Å². The fourth-order valence-corrected chi connectivity index (χ4v) is 2.29. The topological polar surface area (TPSA) is 81.2 Å². The molecule has 0 radical (unpaired) electrons. The van der Waals surface area contributed by atoms with Crippen LogP contribution in [0.2, 0.25) is 0 Å². The number of aromatic nitrogens is 2. The maximum absolute atomic E-state index is 11.1. The molecule has 0 unspecified atom stereocenters. The molecular weight excluding hydrogens is 204 g/mol. The molecule has 0 atom stereocenters. The Hall–Kier alpha value is -1.08. The lowest BCUT2D eigenvalue weighted by molar-refractivity contribution is 0.192. The van der Waals surface area contributed by atoms with Crippen LogP contribution < -0.4 is 5.73 Å². The third-order valence-corrected chi connectivity index (χ3v) is 3.53. The number of rotatable bonds is 2. The summed E-state index contributed by atoms with van der Waals surface area (Å²) in [6.45, 7) is 0.972. The van der Waals surface area contributed by atoms with Crippen LogP contribution in [0, 0.1) is 0 Å². The summed E-state index contributed by atoms with van der Waals surface area (Å²) in [5, 5.41) is 4.02. The van der Waals surface area contributed by atoms with Gasteiger partial charge in [-0.1, -0.05) is 0 Å². The predicted molar refractivity (Wildman–Crippen MR) is 52.1 cm³/mol. The largest absolute Gasteiger partial charge is 0.396 e. The van der Waals surface area contributed by atoms with Gasteiger partial charge < -0.3 is 5.73 Å². The molecule has 1 aliphatic rings. The van der Waals surface area contributed by atoms with Crippen molar-refractivity contribution in [2.45, 2.75) is 6.04 Å². The molecule has 14 heavy (non-hydrogen) atoms. The van der Waals surface area contributed by atoms with Crippen molar-refractivity contribution >= 4 is 15.7 Å². The second-order valence-corrected chi connectivity index (χ2v) is 5.47. The van der Waals surface area contributed by atoms with Gasteiger partial charge >= 0.3 is 0 Å². The van der Waals surface area contributed by atoms with Gasteiger partial charge in [0.2, 0.25) is 10.0 Å². The van der Waals surface area contributed by atoms with Gasteiger partial charge in [0.25, 0.3) is 0 Å². The Morgan fingerprint density at radius 1 is 1.57 bits per heavy atom. The Morgan fingerprint density at radius 2 is 2.21 bits per heavy atom. The molecule has 2 heterocycles. The van der Waals surface area contributed by atoms with E-state index in [1.165, 1.54) is 10.6 Å². The molecule has 0 aromatic carbocycles. The zero-order valence-corrected chi connectivity index (χ0v) is 8.61. The Bertz CT molecular complexity index is 432. The highest BCUT2D eigenvalue weighted by Gasteiger charge is 2.34. The Balaban J connectivity index is 2.02. The number of sulfonamides is 1. The summed E-state index contributed by atoms with van der Waals surface area (Å²) in [5.74, 6) is 0. The molecule has 0 spiro atoms. The van der Waals surface area contributed by atoms with E-state index in [1.807, 2.05) is 0 Å². The van der Waals surface area contributed by atoms with E-state index >= 15 is 0 Å². The van der Waals surface area contributed by atoms with Crippen molar-refractivity contribution in [1.82, 2.24) is 14.1 Å². The van der Waals surface area contributed by atoms with Crippen molar-refractivity contribution in [2.24, 2.45) is 0 Å². The lowest BCUT2D eigenvalue weighted by Gasteiger charge is -2.36. The van der Waals surface area contributed by atoms with Crippen LogP contribution in [-0.2, 0) is 10.0 Å². The molecule has 1 aromatic heterocycles. The Labute approximate surface area is 82.4 Å². The minimum atomic E-state index is -3.04. The van der Waals surface area contributed by atoms with E-state index in [4.69, 9.17) is 5.73 Å². The lowest BCUT2D eigenvalue weighted by atomic mass is 10.2. The number of nitrogens with zero attached hydrogens (tertiary/aromatic N) is 3. The Kier molecular flexibility index (Phi) is 2.00. The average Bonchev–Trinajstić information content (AvgIpc) is 2.28. The van der Waals surface area contributed by atoms with Crippen LogP contribution in [0.1, 0.15) is 6.04 Å². The first-order valence-corrected chi connectivity index (χ1v) is 6.06.